The van der Waals surface area contributed by atoms with Gasteiger partial charge in [0.1, 0.15) is 0 Å². The molecule has 0 aromatic carbocycles. The molecule has 0 bridgehead atoms. The minimum atomic E-state index is -0.477. The lowest BCUT2D eigenvalue weighted by Gasteiger charge is -2.11. The van der Waals surface area contributed by atoms with Gasteiger partial charge in [-0.15, -0.1) is 0 Å². The Hall–Kier alpha value is -1.40. The first-order valence-corrected chi connectivity index (χ1v) is 6.32. The normalized spacial score (nSPS) is 18.8. The van der Waals surface area contributed by atoms with E-state index in [2.05, 4.69) is 15.6 Å². The van der Waals surface area contributed by atoms with Crippen molar-refractivity contribution in [2.24, 2.45) is 0 Å². The van der Waals surface area contributed by atoms with Crippen LogP contribution in [0.4, 0.5) is 11.5 Å². The largest absolute Gasteiger partial charge is 0.364 e. The van der Waals surface area contributed by atoms with Gasteiger partial charge in [0.15, 0.2) is 0 Å². The highest BCUT2D eigenvalue weighted by Crippen LogP contribution is 2.25. The molecular formula is C11H15ClN4O2. The number of nitro groups is 1. The molecule has 98 valence electrons. The van der Waals surface area contributed by atoms with Crippen LogP contribution in [0, 0.1) is 10.1 Å². The van der Waals surface area contributed by atoms with Crippen molar-refractivity contribution in [1.29, 1.82) is 0 Å². The van der Waals surface area contributed by atoms with Crippen LogP contribution >= 0.6 is 11.6 Å². The summed E-state index contributed by atoms with van der Waals surface area (Å²) in [6.45, 7) is 1.72. The van der Waals surface area contributed by atoms with E-state index in [1.54, 1.807) is 0 Å². The second kappa shape index (κ2) is 5.97. The average Bonchev–Trinajstić information content (AvgIpc) is 2.84. The van der Waals surface area contributed by atoms with Gasteiger partial charge < -0.3 is 10.6 Å². The van der Waals surface area contributed by atoms with Gasteiger partial charge in [0.2, 0.25) is 5.82 Å². The van der Waals surface area contributed by atoms with E-state index in [0.29, 0.717) is 12.6 Å². The van der Waals surface area contributed by atoms with Gasteiger partial charge in [-0.05, 0) is 25.8 Å². The third-order valence-electron chi connectivity index (χ3n) is 2.98. The standard InChI is InChI=1S/C11H15ClN4O2/c12-8-6-10(16(17)18)11(15-7-8)14-5-3-9-2-1-4-13-9/h6-7,9,13H,1-5H2,(H,14,15)/t9-/m1/s1. The maximum Gasteiger partial charge on any atom is 0.312 e. The van der Waals surface area contributed by atoms with Crippen LogP contribution in [0.2, 0.25) is 5.02 Å². The topological polar surface area (TPSA) is 80.1 Å². The molecular weight excluding hydrogens is 256 g/mol. The summed E-state index contributed by atoms with van der Waals surface area (Å²) in [6.07, 6.45) is 4.70. The predicted molar refractivity (Wildman–Crippen MR) is 70.0 cm³/mol. The number of hydrogen-bond donors (Lipinski definition) is 2. The zero-order valence-corrected chi connectivity index (χ0v) is 10.6. The van der Waals surface area contributed by atoms with Crippen LogP contribution in [-0.4, -0.2) is 29.0 Å². The number of halogens is 1. The summed E-state index contributed by atoms with van der Waals surface area (Å²) in [5.41, 5.74) is -0.0816. The van der Waals surface area contributed by atoms with Crippen molar-refractivity contribution in [2.75, 3.05) is 18.4 Å². The van der Waals surface area contributed by atoms with Crippen molar-refractivity contribution in [3.63, 3.8) is 0 Å². The van der Waals surface area contributed by atoms with Crippen LogP contribution < -0.4 is 10.6 Å². The molecule has 1 atom stereocenters. The fraction of sp³-hybridized carbons (Fsp3) is 0.545. The summed E-state index contributed by atoms with van der Waals surface area (Å²) in [6, 6.07) is 1.81. The van der Waals surface area contributed by atoms with Crippen molar-refractivity contribution in [3.05, 3.63) is 27.4 Å². The first-order valence-electron chi connectivity index (χ1n) is 5.94. The van der Waals surface area contributed by atoms with Crippen LogP contribution in [0.1, 0.15) is 19.3 Å². The van der Waals surface area contributed by atoms with E-state index in [1.165, 1.54) is 18.7 Å². The predicted octanol–water partition coefficient (Wildman–Crippen LogP) is 2.20. The lowest BCUT2D eigenvalue weighted by Crippen LogP contribution is -2.24. The molecule has 1 fully saturated rings. The monoisotopic (exact) mass is 270 g/mol. The highest BCUT2D eigenvalue weighted by atomic mass is 35.5. The molecule has 0 saturated carbocycles. The number of rotatable bonds is 5. The zero-order valence-electron chi connectivity index (χ0n) is 9.86. The van der Waals surface area contributed by atoms with E-state index >= 15 is 0 Å². The van der Waals surface area contributed by atoms with Gasteiger partial charge in [-0.2, -0.15) is 0 Å². The number of anilines is 1. The lowest BCUT2D eigenvalue weighted by molar-refractivity contribution is -0.384. The summed E-state index contributed by atoms with van der Waals surface area (Å²) < 4.78 is 0. The van der Waals surface area contributed by atoms with E-state index in [1.807, 2.05) is 0 Å². The van der Waals surface area contributed by atoms with Gasteiger partial charge >= 0.3 is 5.69 Å². The maximum absolute atomic E-state index is 10.8. The molecule has 2 N–H and O–H groups in total. The first-order chi connectivity index (χ1) is 8.66. The molecule has 6 nitrogen and oxygen atoms in total. The lowest BCUT2D eigenvalue weighted by atomic mass is 10.1. The Balaban J connectivity index is 1.93. The molecule has 0 unspecified atom stereocenters. The zero-order chi connectivity index (χ0) is 13.0. The maximum atomic E-state index is 10.8. The number of nitrogens with zero attached hydrogens (tertiary/aromatic N) is 2. The van der Waals surface area contributed by atoms with Crippen LogP contribution in [0.5, 0.6) is 0 Å². The summed E-state index contributed by atoms with van der Waals surface area (Å²) in [7, 11) is 0. The third-order valence-corrected chi connectivity index (χ3v) is 3.19. The van der Waals surface area contributed by atoms with E-state index in [4.69, 9.17) is 11.6 Å². The molecule has 18 heavy (non-hydrogen) atoms. The second-order valence-corrected chi connectivity index (χ2v) is 4.72. The first kappa shape index (κ1) is 13.0. The van der Waals surface area contributed by atoms with Gasteiger partial charge in [-0.1, -0.05) is 11.6 Å². The third kappa shape index (κ3) is 3.30. The van der Waals surface area contributed by atoms with Crippen molar-refractivity contribution >= 4 is 23.1 Å². The van der Waals surface area contributed by atoms with Crippen molar-refractivity contribution < 1.29 is 4.92 Å². The Morgan fingerprint density at radius 3 is 3.17 bits per heavy atom. The van der Waals surface area contributed by atoms with Crippen LogP contribution in [0.25, 0.3) is 0 Å². The molecule has 2 heterocycles. The molecule has 0 radical (unpaired) electrons. The van der Waals surface area contributed by atoms with Crippen LogP contribution in [0.15, 0.2) is 12.3 Å². The van der Waals surface area contributed by atoms with Gasteiger partial charge in [0, 0.05) is 24.8 Å². The molecule has 1 aliphatic rings. The number of hydrogen-bond acceptors (Lipinski definition) is 5. The fourth-order valence-electron chi connectivity index (χ4n) is 2.07. The Labute approximate surface area is 110 Å². The number of aromatic nitrogens is 1. The fourth-order valence-corrected chi connectivity index (χ4v) is 2.22. The van der Waals surface area contributed by atoms with Crippen molar-refractivity contribution in [2.45, 2.75) is 25.3 Å². The summed E-state index contributed by atoms with van der Waals surface area (Å²) in [5, 5.41) is 17.5. The second-order valence-electron chi connectivity index (χ2n) is 4.29. The number of pyridine rings is 1. The minimum Gasteiger partial charge on any atom is -0.364 e. The highest BCUT2D eigenvalue weighted by molar-refractivity contribution is 6.30. The number of nitrogens with one attached hydrogen (secondary N) is 2. The van der Waals surface area contributed by atoms with Crippen molar-refractivity contribution in [1.82, 2.24) is 10.3 Å². The van der Waals surface area contributed by atoms with Crippen LogP contribution in [0.3, 0.4) is 0 Å². The molecule has 1 saturated heterocycles. The highest BCUT2D eigenvalue weighted by Gasteiger charge is 2.17. The summed E-state index contributed by atoms with van der Waals surface area (Å²) in [4.78, 5) is 14.3. The van der Waals surface area contributed by atoms with Gasteiger partial charge in [-0.25, -0.2) is 4.98 Å². The van der Waals surface area contributed by atoms with Gasteiger partial charge in [-0.3, -0.25) is 10.1 Å². The Morgan fingerprint density at radius 1 is 1.67 bits per heavy atom. The van der Waals surface area contributed by atoms with Crippen LogP contribution in [-0.2, 0) is 0 Å². The molecule has 0 aliphatic carbocycles. The van der Waals surface area contributed by atoms with Gasteiger partial charge in [0.25, 0.3) is 0 Å². The van der Waals surface area contributed by atoms with E-state index < -0.39 is 4.92 Å². The Bertz CT molecular complexity index is 435. The van der Waals surface area contributed by atoms with Crippen molar-refractivity contribution in [3.8, 4) is 0 Å². The summed E-state index contributed by atoms with van der Waals surface area (Å²) in [5.74, 6) is 0.280. The smallest absolute Gasteiger partial charge is 0.312 e. The molecule has 1 aromatic rings. The molecule has 0 amide bonds. The Kier molecular flexibility index (Phi) is 4.33. The van der Waals surface area contributed by atoms with Gasteiger partial charge in [0.05, 0.1) is 9.95 Å². The minimum absolute atomic E-state index is 0.0816. The van der Waals surface area contributed by atoms with E-state index in [0.717, 1.165) is 19.4 Å². The van der Waals surface area contributed by atoms with E-state index in [-0.39, 0.29) is 16.5 Å². The SMILES string of the molecule is O=[N+]([O-])c1cc(Cl)cnc1NCC[C@H]1CCCN1. The summed E-state index contributed by atoms with van der Waals surface area (Å²) >= 11 is 5.69. The molecule has 1 aromatic heterocycles. The van der Waals surface area contributed by atoms with E-state index in [9.17, 15) is 10.1 Å². The molecule has 0 spiro atoms. The Morgan fingerprint density at radius 2 is 2.50 bits per heavy atom. The quantitative estimate of drug-likeness (QED) is 0.633. The molecule has 2 rings (SSSR count). The molecule has 7 heteroatoms. The average molecular weight is 271 g/mol. The molecule has 1 aliphatic heterocycles.